The molecule has 3 rings (SSSR count). The van der Waals surface area contributed by atoms with Gasteiger partial charge in [-0.25, -0.2) is 0 Å². The second-order valence-corrected chi connectivity index (χ2v) is 6.23. The number of rotatable bonds is 3. The van der Waals surface area contributed by atoms with Crippen LogP contribution in [0.25, 0.3) is 0 Å². The first-order valence-corrected chi connectivity index (χ1v) is 8.17. The highest BCUT2D eigenvalue weighted by Gasteiger charge is 2.32. The quantitative estimate of drug-likeness (QED) is 0.829. The van der Waals surface area contributed by atoms with E-state index < -0.39 is 0 Å². The Hall–Kier alpha value is -1.95. The Labute approximate surface area is 136 Å². The molecule has 0 saturated carbocycles. The van der Waals surface area contributed by atoms with Crippen molar-refractivity contribution in [1.29, 1.82) is 0 Å². The van der Waals surface area contributed by atoms with Gasteiger partial charge in [0.1, 0.15) is 6.61 Å². The highest BCUT2D eigenvalue weighted by molar-refractivity contribution is 5.82. The number of carbonyl (C=O) groups excluding carboxylic acids is 2. The Morgan fingerprint density at radius 1 is 1.35 bits per heavy atom. The number of ether oxygens (including phenoxy) is 1. The summed E-state index contributed by atoms with van der Waals surface area (Å²) in [6, 6.07) is 3.95. The van der Waals surface area contributed by atoms with Crippen LogP contribution in [0.3, 0.4) is 0 Å². The standard InChI is InChI=1S/C17H23N3O3/c1-23-12-16(21)19-8-3-5-14(11-19)17(22)20-9-6-15-13(10-20)4-2-7-18-15/h2,4,7,14H,3,5-6,8-12H2,1H3/t14-/m1/s1. The molecule has 2 amide bonds. The number of piperidine rings is 1. The van der Waals surface area contributed by atoms with Crippen molar-refractivity contribution in [2.45, 2.75) is 25.8 Å². The minimum atomic E-state index is -0.0947. The Morgan fingerprint density at radius 3 is 3.04 bits per heavy atom. The van der Waals surface area contributed by atoms with Crippen LogP contribution in [0.5, 0.6) is 0 Å². The third kappa shape index (κ3) is 3.52. The van der Waals surface area contributed by atoms with Crippen LogP contribution in [0.1, 0.15) is 24.1 Å². The van der Waals surface area contributed by atoms with Crippen molar-refractivity contribution in [2.24, 2.45) is 5.92 Å². The van der Waals surface area contributed by atoms with Gasteiger partial charge < -0.3 is 14.5 Å². The summed E-state index contributed by atoms with van der Waals surface area (Å²) in [5.41, 5.74) is 2.23. The average Bonchev–Trinajstić information content (AvgIpc) is 2.61. The molecule has 1 aromatic heterocycles. The van der Waals surface area contributed by atoms with Crippen LogP contribution in [-0.4, -0.2) is 59.9 Å². The van der Waals surface area contributed by atoms with E-state index in [0.29, 0.717) is 19.6 Å². The number of pyridine rings is 1. The maximum Gasteiger partial charge on any atom is 0.248 e. The molecule has 0 aliphatic carbocycles. The summed E-state index contributed by atoms with van der Waals surface area (Å²) in [6.07, 6.45) is 4.33. The molecule has 2 aliphatic rings. The average molecular weight is 317 g/mol. The number of likely N-dealkylation sites (tertiary alicyclic amines) is 1. The maximum atomic E-state index is 12.8. The minimum Gasteiger partial charge on any atom is -0.375 e. The van der Waals surface area contributed by atoms with Gasteiger partial charge in [-0.05, 0) is 24.5 Å². The molecule has 1 fully saturated rings. The monoisotopic (exact) mass is 317 g/mol. The predicted octanol–water partition coefficient (Wildman–Crippen LogP) is 0.851. The molecule has 1 saturated heterocycles. The fourth-order valence-electron chi connectivity index (χ4n) is 3.43. The molecular weight excluding hydrogens is 294 g/mol. The minimum absolute atomic E-state index is 0.0295. The fraction of sp³-hybridized carbons (Fsp3) is 0.588. The Kier molecular flexibility index (Phi) is 4.91. The summed E-state index contributed by atoms with van der Waals surface area (Å²) < 4.78 is 4.91. The molecule has 1 aromatic rings. The number of carbonyl (C=O) groups is 2. The molecule has 6 heteroatoms. The van der Waals surface area contributed by atoms with E-state index in [2.05, 4.69) is 4.98 Å². The zero-order chi connectivity index (χ0) is 16.2. The van der Waals surface area contributed by atoms with Crippen molar-refractivity contribution in [1.82, 2.24) is 14.8 Å². The fourth-order valence-corrected chi connectivity index (χ4v) is 3.43. The first-order chi connectivity index (χ1) is 11.2. The Bertz CT molecular complexity index is 590. The van der Waals surface area contributed by atoms with Crippen molar-refractivity contribution in [2.75, 3.05) is 33.4 Å². The van der Waals surface area contributed by atoms with Crippen LogP contribution in [0.15, 0.2) is 18.3 Å². The number of aromatic nitrogens is 1. The second-order valence-electron chi connectivity index (χ2n) is 6.23. The molecule has 6 nitrogen and oxygen atoms in total. The third-order valence-corrected chi connectivity index (χ3v) is 4.67. The summed E-state index contributed by atoms with van der Waals surface area (Å²) in [6.45, 7) is 2.66. The third-order valence-electron chi connectivity index (χ3n) is 4.67. The van der Waals surface area contributed by atoms with Gasteiger partial charge in [-0.15, -0.1) is 0 Å². The zero-order valence-electron chi connectivity index (χ0n) is 13.5. The van der Waals surface area contributed by atoms with Gasteiger partial charge in [0.15, 0.2) is 0 Å². The van der Waals surface area contributed by atoms with Gasteiger partial charge in [0.25, 0.3) is 0 Å². The van der Waals surface area contributed by atoms with E-state index >= 15 is 0 Å². The Balaban J connectivity index is 1.63. The van der Waals surface area contributed by atoms with Crippen LogP contribution in [-0.2, 0) is 27.3 Å². The molecule has 0 N–H and O–H groups in total. The number of methoxy groups -OCH3 is 1. The Morgan fingerprint density at radius 2 is 2.22 bits per heavy atom. The molecule has 0 spiro atoms. The van der Waals surface area contributed by atoms with E-state index in [1.54, 1.807) is 11.1 Å². The van der Waals surface area contributed by atoms with Crippen molar-refractivity contribution in [3.63, 3.8) is 0 Å². The largest absolute Gasteiger partial charge is 0.375 e. The highest BCUT2D eigenvalue weighted by atomic mass is 16.5. The van der Waals surface area contributed by atoms with Crippen LogP contribution in [0, 0.1) is 5.92 Å². The van der Waals surface area contributed by atoms with E-state index in [0.717, 1.165) is 37.1 Å². The van der Waals surface area contributed by atoms with Gasteiger partial charge >= 0.3 is 0 Å². The lowest BCUT2D eigenvalue weighted by atomic mass is 9.95. The molecule has 0 bridgehead atoms. The lowest BCUT2D eigenvalue weighted by Crippen LogP contribution is -2.48. The molecule has 3 heterocycles. The lowest BCUT2D eigenvalue weighted by Gasteiger charge is -2.36. The number of amides is 2. The van der Waals surface area contributed by atoms with E-state index in [-0.39, 0.29) is 24.3 Å². The molecule has 124 valence electrons. The first-order valence-electron chi connectivity index (χ1n) is 8.17. The summed E-state index contributed by atoms with van der Waals surface area (Å²) in [5, 5.41) is 0. The number of hydrogen-bond donors (Lipinski definition) is 0. The van der Waals surface area contributed by atoms with Gasteiger partial charge in [0.2, 0.25) is 11.8 Å². The second kappa shape index (κ2) is 7.08. The molecule has 0 radical (unpaired) electrons. The van der Waals surface area contributed by atoms with Crippen LogP contribution in [0.4, 0.5) is 0 Å². The van der Waals surface area contributed by atoms with E-state index in [4.69, 9.17) is 4.74 Å². The van der Waals surface area contributed by atoms with Crippen molar-refractivity contribution < 1.29 is 14.3 Å². The van der Waals surface area contributed by atoms with Crippen molar-refractivity contribution in [3.05, 3.63) is 29.6 Å². The number of hydrogen-bond acceptors (Lipinski definition) is 4. The number of fused-ring (bicyclic) bond motifs is 1. The van der Waals surface area contributed by atoms with Crippen LogP contribution >= 0.6 is 0 Å². The molecule has 0 aromatic carbocycles. The van der Waals surface area contributed by atoms with Crippen LogP contribution < -0.4 is 0 Å². The van der Waals surface area contributed by atoms with Crippen LogP contribution in [0.2, 0.25) is 0 Å². The van der Waals surface area contributed by atoms with Gasteiger partial charge in [-0.1, -0.05) is 6.07 Å². The van der Waals surface area contributed by atoms with E-state index in [1.807, 2.05) is 17.0 Å². The summed E-state index contributed by atoms with van der Waals surface area (Å²) in [7, 11) is 1.52. The zero-order valence-corrected chi connectivity index (χ0v) is 13.5. The van der Waals surface area contributed by atoms with E-state index in [1.165, 1.54) is 7.11 Å². The molecule has 2 aliphatic heterocycles. The SMILES string of the molecule is COCC(=O)N1CCC[C@@H](C(=O)N2CCc3ncccc3C2)C1. The molecular formula is C17H23N3O3. The lowest BCUT2D eigenvalue weighted by molar-refractivity contribution is -0.143. The van der Waals surface area contributed by atoms with Crippen molar-refractivity contribution in [3.8, 4) is 0 Å². The smallest absolute Gasteiger partial charge is 0.248 e. The number of nitrogens with zero attached hydrogens (tertiary/aromatic N) is 3. The van der Waals surface area contributed by atoms with Crippen molar-refractivity contribution >= 4 is 11.8 Å². The molecule has 23 heavy (non-hydrogen) atoms. The molecule has 0 unspecified atom stereocenters. The topological polar surface area (TPSA) is 62.7 Å². The van der Waals surface area contributed by atoms with Gasteiger partial charge in [-0.2, -0.15) is 0 Å². The van der Waals surface area contributed by atoms with Gasteiger partial charge in [0, 0.05) is 51.6 Å². The summed E-state index contributed by atoms with van der Waals surface area (Å²) in [5.74, 6) is 0.0374. The summed E-state index contributed by atoms with van der Waals surface area (Å²) in [4.78, 5) is 32.9. The maximum absolute atomic E-state index is 12.8. The predicted molar refractivity (Wildman–Crippen MR) is 84.5 cm³/mol. The molecule has 1 atom stereocenters. The highest BCUT2D eigenvalue weighted by Crippen LogP contribution is 2.23. The van der Waals surface area contributed by atoms with Gasteiger partial charge in [-0.3, -0.25) is 14.6 Å². The first kappa shape index (κ1) is 15.9. The normalized spacial score (nSPS) is 21.0. The van der Waals surface area contributed by atoms with Gasteiger partial charge in [0.05, 0.1) is 5.92 Å². The van der Waals surface area contributed by atoms with E-state index in [9.17, 15) is 9.59 Å². The summed E-state index contributed by atoms with van der Waals surface area (Å²) >= 11 is 0.